The normalized spacial score (nSPS) is 14.9. The molecule has 0 aromatic heterocycles. The van der Waals surface area contributed by atoms with Crippen LogP contribution < -0.4 is 10.6 Å². The van der Waals surface area contributed by atoms with Crippen molar-refractivity contribution in [2.45, 2.75) is 32.4 Å². The number of hydrogen-bond acceptors (Lipinski definition) is 2. The zero-order chi connectivity index (χ0) is 10.1. The molecule has 2 unspecified atom stereocenters. The van der Waals surface area contributed by atoms with Gasteiger partial charge in [0.15, 0.2) is 0 Å². The number of carbonyl (C=O) groups excluding carboxylic acids is 2. The van der Waals surface area contributed by atoms with Crippen molar-refractivity contribution < 1.29 is 9.59 Å². The summed E-state index contributed by atoms with van der Waals surface area (Å²) in [6.45, 7) is 3.76. The van der Waals surface area contributed by atoms with Crippen molar-refractivity contribution in [3.63, 3.8) is 0 Å². The number of hydrogen-bond donors (Lipinski definition) is 2. The largest absolute Gasteiger partial charge is 0.354 e. The molecular weight excluding hydrogens is 168 g/mol. The van der Waals surface area contributed by atoms with Gasteiger partial charge in [0, 0.05) is 6.04 Å². The zero-order valence-electron chi connectivity index (χ0n) is 7.99. The maximum atomic E-state index is 10.2. The molecule has 0 rings (SSSR count). The molecule has 0 aliphatic rings. The molecule has 0 bridgehead atoms. The first kappa shape index (κ1) is 11.7. The van der Waals surface area contributed by atoms with E-state index in [1.807, 2.05) is 26.0 Å². The van der Waals surface area contributed by atoms with Gasteiger partial charge >= 0.3 is 0 Å². The Balaban J connectivity index is 4.03. The number of allylic oxidation sites excluding steroid dienone is 1. The van der Waals surface area contributed by atoms with Crippen LogP contribution in [0, 0.1) is 0 Å². The summed E-state index contributed by atoms with van der Waals surface area (Å²) < 4.78 is 0. The Hall–Kier alpha value is -1.32. The molecule has 0 aromatic rings. The third-order valence-electron chi connectivity index (χ3n) is 1.84. The molecule has 0 heterocycles. The first-order valence-corrected chi connectivity index (χ1v) is 4.26. The van der Waals surface area contributed by atoms with E-state index in [4.69, 9.17) is 0 Å². The highest BCUT2D eigenvalue weighted by Gasteiger charge is 2.13. The lowest BCUT2D eigenvalue weighted by Crippen LogP contribution is -2.45. The van der Waals surface area contributed by atoms with E-state index in [0.29, 0.717) is 12.8 Å². The Morgan fingerprint density at radius 1 is 1.23 bits per heavy atom. The minimum Gasteiger partial charge on any atom is -0.354 e. The van der Waals surface area contributed by atoms with Crippen LogP contribution in [0.2, 0.25) is 0 Å². The molecule has 0 radical (unpaired) electrons. The summed E-state index contributed by atoms with van der Waals surface area (Å²) in [7, 11) is 0. The molecule has 13 heavy (non-hydrogen) atoms. The fourth-order valence-electron chi connectivity index (χ4n) is 1.01. The van der Waals surface area contributed by atoms with Crippen molar-refractivity contribution in [3.8, 4) is 0 Å². The first-order valence-electron chi connectivity index (χ1n) is 4.26. The topological polar surface area (TPSA) is 58.2 Å². The SMILES string of the molecule is CC=CCC(NC=O)C(C)NC=O. The number of nitrogens with one attached hydrogen (secondary N) is 2. The van der Waals surface area contributed by atoms with Crippen LogP contribution >= 0.6 is 0 Å². The molecule has 2 atom stereocenters. The van der Waals surface area contributed by atoms with Gasteiger partial charge in [0.1, 0.15) is 0 Å². The van der Waals surface area contributed by atoms with Crippen molar-refractivity contribution in [2.75, 3.05) is 0 Å². The second kappa shape index (κ2) is 7.34. The molecule has 0 saturated carbocycles. The number of rotatable bonds is 7. The molecular formula is C9H16N2O2. The number of carbonyl (C=O) groups is 2. The van der Waals surface area contributed by atoms with E-state index in [1.54, 1.807) is 0 Å². The van der Waals surface area contributed by atoms with E-state index in [9.17, 15) is 9.59 Å². The van der Waals surface area contributed by atoms with E-state index >= 15 is 0 Å². The van der Waals surface area contributed by atoms with E-state index in [0.717, 1.165) is 6.42 Å². The molecule has 0 aromatic carbocycles. The van der Waals surface area contributed by atoms with Crippen LogP contribution in [0.3, 0.4) is 0 Å². The van der Waals surface area contributed by atoms with Gasteiger partial charge < -0.3 is 10.6 Å². The van der Waals surface area contributed by atoms with Gasteiger partial charge in [0.05, 0.1) is 6.04 Å². The average Bonchev–Trinajstić information content (AvgIpc) is 2.12. The highest BCUT2D eigenvalue weighted by molar-refractivity contribution is 5.49. The van der Waals surface area contributed by atoms with Crippen LogP contribution in [0.4, 0.5) is 0 Å². The quantitative estimate of drug-likeness (QED) is 0.438. The molecule has 0 spiro atoms. The first-order chi connectivity index (χ1) is 6.26. The van der Waals surface area contributed by atoms with Crippen LogP contribution in [0.15, 0.2) is 12.2 Å². The molecule has 0 aliphatic carbocycles. The molecule has 0 fully saturated rings. The molecule has 2 N–H and O–H groups in total. The monoisotopic (exact) mass is 184 g/mol. The molecule has 0 aliphatic heterocycles. The third kappa shape index (κ3) is 5.00. The van der Waals surface area contributed by atoms with E-state index in [2.05, 4.69) is 10.6 Å². The second-order valence-corrected chi connectivity index (χ2v) is 2.77. The summed E-state index contributed by atoms with van der Waals surface area (Å²) in [6, 6.07) is -0.0993. The van der Waals surface area contributed by atoms with Crippen LogP contribution in [0.5, 0.6) is 0 Å². The van der Waals surface area contributed by atoms with E-state index in [-0.39, 0.29) is 12.1 Å². The van der Waals surface area contributed by atoms with Gasteiger partial charge in [-0.1, -0.05) is 12.2 Å². The maximum absolute atomic E-state index is 10.2. The Morgan fingerprint density at radius 2 is 1.85 bits per heavy atom. The maximum Gasteiger partial charge on any atom is 0.207 e. The lowest BCUT2D eigenvalue weighted by atomic mass is 10.1. The Morgan fingerprint density at radius 3 is 2.31 bits per heavy atom. The molecule has 4 heteroatoms. The van der Waals surface area contributed by atoms with Gasteiger partial charge in [-0.25, -0.2) is 0 Å². The van der Waals surface area contributed by atoms with Crippen molar-refractivity contribution in [1.29, 1.82) is 0 Å². The van der Waals surface area contributed by atoms with Gasteiger partial charge in [0.25, 0.3) is 0 Å². The van der Waals surface area contributed by atoms with Crippen molar-refractivity contribution in [1.82, 2.24) is 10.6 Å². The highest BCUT2D eigenvalue weighted by atomic mass is 16.1. The fourth-order valence-corrected chi connectivity index (χ4v) is 1.01. The van der Waals surface area contributed by atoms with Crippen molar-refractivity contribution >= 4 is 12.8 Å². The Labute approximate surface area is 78.4 Å². The van der Waals surface area contributed by atoms with Gasteiger partial charge in [-0.05, 0) is 20.3 Å². The predicted octanol–water partition coefficient (Wildman–Crippen LogP) is 0.202. The summed E-state index contributed by atoms with van der Waals surface area (Å²) >= 11 is 0. The smallest absolute Gasteiger partial charge is 0.207 e. The minimum atomic E-state index is -0.0566. The summed E-state index contributed by atoms with van der Waals surface area (Å²) in [6.07, 6.45) is 5.87. The molecule has 74 valence electrons. The fraction of sp³-hybridized carbons (Fsp3) is 0.556. The van der Waals surface area contributed by atoms with Gasteiger partial charge in [0.2, 0.25) is 12.8 Å². The third-order valence-corrected chi connectivity index (χ3v) is 1.84. The summed E-state index contributed by atoms with van der Waals surface area (Å²) in [5.74, 6) is 0. The highest BCUT2D eigenvalue weighted by Crippen LogP contribution is 1.98. The second-order valence-electron chi connectivity index (χ2n) is 2.77. The van der Waals surface area contributed by atoms with Gasteiger partial charge in [-0.2, -0.15) is 0 Å². The zero-order valence-corrected chi connectivity index (χ0v) is 7.99. The Kier molecular flexibility index (Phi) is 6.59. The lowest BCUT2D eigenvalue weighted by Gasteiger charge is -2.21. The summed E-state index contributed by atoms with van der Waals surface area (Å²) in [5, 5.41) is 5.25. The van der Waals surface area contributed by atoms with Crippen molar-refractivity contribution in [3.05, 3.63) is 12.2 Å². The molecule has 2 amide bonds. The minimum absolute atomic E-state index is 0.0427. The molecule has 0 saturated heterocycles. The molecule has 4 nitrogen and oxygen atoms in total. The van der Waals surface area contributed by atoms with E-state index < -0.39 is 0 Å². The average molecular weight is 184 g/mol. The van der Waals surface area contributed by atoms with Crippen LogP contribution in [0.25, 0.3) is 0 Å². The van der Waals surface area contributed by atoms with Crippen LogP contribution in [0.1, 0.15) is 20.3 Å². The van der Waals surface area contributed by atoms with Crippen LogP contribution in [-0.4, -0.2) is 24.9 Å². The van der Waals surface area contributed by atoms with Gasteiger partial charge in [-0.15, -0.1) is 0 Å². The number of amides is 2. The van der Waals surface area contributed by atoms with Crippen molar-refractivity contribution in [2.24, 2.45) is 0 Å². The van der Waals surface area contributed by atoms with E-state index in [1.165, 1.54) is 0 Å². The lowest BCUT2D eigenvalue weighted by molar-refractivity contribution is -0.112. The Bertz CT molecular complexity index is 180. The van der Waals surface area contributed by atoms with Gasteiger partial charge in [-0.3, -0.25) is 9.59 Å². The van der Waals surface area contributed by atoms with Crippen LogP contribution in [-0.2, 0) is 9.59 Å². The standard InChI is InChI=1S/C9H16N2O2/c1-3-4-5-9(11-7-13)8(2)10-6-12/h3-4,6-9H,5H2,1-2H3,(H,10,12)(H,11,13). The summed E-state index contributed by atoms with van der Waals surface area (Å²) in [4.78, 5) is 20.4. The summed E-state index contributed by atoms with van der Waals surface area (Å²) in [5.41, 5.74) is 0. The predicted molar refractivity (Wildman–Crippen MR) is 51.1 cm³/mol.